The highest BCUT2D eigenvalue weighted by molar-refractivity contribution is 5.26. The van der Waals surface area contributed by atoms with Crippen LogP contribution in [0.1, 0.15) is 5.56 Å². The van der Waals surface area contributed by atoms with Gasteiger partial charge in [-0.3, -0.25) is 5.84 Å². The van der Waals surface area contributed by atoms with E-state index in [1.807, 2.05) is 18.2 Å². The average molecular weight is 164 g/mol. The van der Waals surface area contributed by atoms with Gasteiger partial charge < -0.3 is 4.74 Å². The minimum absolute atomic E-state index is 0.138. The van der Waals surface area contributed by atoms with Crippen LogP contribution in [0.4, 0.5) is 0 Å². The molecule has 0 bridgehead atoms. The van der Waals surface area contributed by atoms with Crippen LogP contribution >= 0.6 is 0 Å². The van der Waals surface area contributed by atoms with Gasteiger partial charge in [0, 0.05) is 0 Å². The molecule has 3 nitrogen and oxygen atoms in total. The number of nitrogens with one attached hydrogen (secondary N) is 1. The first kappa shape index (κ1) is 7.73. The summed E-state index contributed by atoms with van der Waals surface area (Å²) in [6.07, 6.45) is 0. The highest BCUT2D eigenvalue weighted by Gasteiger charge is 2.38. The van der Waals surface area contributed by atoms with Gasteiger partial charge in [0.2, 0.25) is 0 Å². The van der Waals surface area contributed by atoms with Gasteiger partial charge in [-0.1, -0.05) is 30.3 Å². The zero-order valence-electron chi connectivity index (χ0n) is 6.79. The van der Waals surface area contributed by atoms with Crippen molar-refractivity contribution in [3.8, 4) is 0 Å². The number of hydrazine groups is 1. The molecule has 12 heavy (non-hydrogen) atoms. The largest absolute Gasteiger partial charge is 0.377 e. The highest BCUT2D eigenvalue weighted by atomic mass is 16.5. The molecular formula is C9H12N2O. The molecule has 0 aromatic heterocycles. The Hall–Kier alpha value is -0.900. The third kappa shape index (κ3) is 1.03. The molecule has 3 heteroatoms. The van der Waals surface area contributed by atoms with Crippen LogP contribution in [0.2, 0.25) is 0 Å². The Morgan fingerprint density at radius 1 is 1.25 bits per heavy atom. The van der Waals surface area contributed by atoms with Crippen molar-refractivity contribution in [1.82, 2.24) is 5.43 Å². The maximum atomic E-state index is 5.47. The van der Waals surface area contributed by atoms with Crippen molar-refractivity contribution in [2.75, 3.05) is 13.2 Å². The van der Waals surface area contributed by atoms with E-state index in [1.165, 1.54) is 5.56 Å². The molecule has 0 radical (unpaired) electrons. The molecule has 2 rings (SSSR count). The standard InChI is InChI=1S/C9H12N2O/c10-11-9(6-12-7-9)8-4-2-1-3-5-8/h1-5,11H,6-7,10H2. The van der Waals surface area contributed by atoms with Gasteiger partial charge in [0.1, 0.15) is 5.54 Å². The summed E-state index contributed by atoms with van der Waals surface area (Å²) >= 11 is 0. The molecule has 0 unspecified atom stereocenters. The molecule has 1 aromatic rings. The van der Waals surface area contributed by atoms with E-state index >= 15 is 0 Å². The van der Waals surface area contributed by atoms with E-state index in [-0.39, 0.29) is 5.54 Å². The second-order valence-corrected chi connectivity index (χ2v) is 3.09. The zero-order chi connectivity index (χ0) is 8.44. The predicted octanol–water partition coefficient (Wildman–Crippen LogP) is 0.375. The van der Waals surface area contributed by atoms with Gasteiger partial charge in [0.15, 0.2) is 0 Å². The molecule has 1 heterocycles. The smallest absolute Gasteiger partial charge is 0.103 e. The average Bonchev–Trinajstić information content (AvgIpc) is 2.05. The molecule has 1 fully saturated rings. The van der Waals surface area contributed by atoms with Crippen LogP contribution in [0.5, 0.6) is 0 Å². The van der Waals surface area contributed by atoms with Crippen molar-refractivity contribution < 1.29 is 4.74 Å². The van der Waals surface area contributed by atoms with E-state index in [2.05, 4.69) is 17.6 Å². The fourth-order valence-electron chi connectivity index (χ4n) is 1.40. The summed E-state index contributed by atoms with van der Waals surface area (Å²) in [5.41, 5.74) is 3.86. The van der Waals surface area contributed by atoms with Crippen LogP contribution in [0.25, 0.3) is 0 Å². The van der Waals surface area contributed by atoms with Gasteiger partial charge in [0.25, 0.3) is 0 Å². The molecule has 0 amide bonds. The van der Waals surface area contributed by atoms with Crippen LogP contribution in [-0.2, 0) is 10.3 Å². The number of hydrogen-bond acceptors (Lipinski definition) is 3. The molecule has 64 valence electrons. The molecular weight excluding hydrogens is 152 g/mol. The lowest BCUT2D eigenvalue weighted by Crippen LogP contribution is -2.60. The first-order chi connectivity index (χ1) is 5.87. The second-order valence-electron chi connectivity index (χ2n) is 3.09. The van der Waals surface area contributed by atoms with Crippen LogP contribution < -0.4 is 11.3 Å². The Labute approximate surface area is 71.5 Å². The van der Waals surface area contributed by atoms with Gasteiger partial charge in [-0.05, 0) is 5.56 Å². The summed E-state index contributed by atoms with van der Waals surface area (Å²) in [5.74, 6) is 5.47. The van der Waals surface area contributed by atoms with Gasteiger partial charge in [-0.15, -0.1) is 0 Å². The number of benzene rings is 1. The fourth-order valence-corrected chi connectivity index (χ4v) is 1.40. The van der Waals surface area contributed by atoms with Crippen LogP contribution in [-0.4, -0.2) is 13.2 Å². The number of hydrogen-bond donors (Lipinski definition) is 2. The third-order valence-corrected chi connectivity index (χ3v) is 2.30. The van der Waals surface area contributed by atoms with Gasteiger partial charge in [-0.2, -0.15) is 0 Å². The van der Waals surface area contributed by atoms with Crippen molar-refractivity contribution in [3.63, 3.8) is 0 Å². The molecule has 1 aromatic carbocycles. The highest BCUT2D eigenvalue weighted by Crippen LogP contribution is 2.27. The summed E-state index contributed by atoms with van der Waals surface area (Å²) in [7, 11) is 0. The van der Waals surface area contributed by atoms with Crippen molar-refractivity contribution in [3.05, 3.63) is 35.9 Å². The van der Waals surface area contributed by atoms with Crippen molar-refractivity contribution in [2.24, 2.45) is 5.84 Å². The molecule has 1 saturated heterocycles. The van der Waals surface area contributed by atoms with Gasteiger partial charge >= 0.3 is 0 Å². The Morgan fingerprint density at radius 3 is 2.33 bits per heavy atom. The monoisotopic (exact) mass is 164 g/mol. The Morgan fingerprint density at radius 2 is 1.92 bits per heavy atom. The summed E-state index contributed by atoms with van der Waals surface area (Å²) < 4.78 is 5.14. The molecule has 0 saturated carbocycles. The van der Waals surface area contributed by atoms with Crippen molar-refractivity contribution in [1.29, 1.82) is 0 Å². The maximum absolute atomic E-state index is 5.47. The summed E-state index contributed by atoms with van der Waals surface area (Å²) in [4.78, 5) is 0. The van der Waals surface area contributed by atoms with Gasteiger partial charge in [-0.25, -0.2) is 5.43 Å². The summed E-state index contributed by atoms with van der Waals surface area (Å²) in [6.45, 7) is 1.32. The topological polar surface area (TPSA) is 47.3 Å². The molecule has 0 atom stereocenters. The molecule has 0 spiro atoms. The van der Waals surface area contributed by atoms with E-state index < -0.39 is 0 Å². The second kappa shape index (κ2) is 2.86. The quantitative estimate of drug-likeness (QED) is 0.490. The minimum Gasteiger partial charge on any atom is -0.377 e. The Bertz CT molecular complexity index is 251. The normalized spacial score (nSPS) is 20.1. The van der Waals surface area contributed by atoms with E-state index in [4.69, 9.17) is 10.6 Å². The van der Waals surface area contributed by atoms with Gasteiger partial charge in [0.05, 0.1) is 13.2 Å². The number of ether oxygens (including phenoxy) is 1. The number of nitrogens with two attached hydrogens (primary N) is 1. The fraction of sp³-hybridized carbons (Fsp3) is 0.333. The lowest BCUT2D eigenvalue weighted by atomic mass is 9.89. The summed E-state index contributed by atoms with van der Waals surface area (Å²) in [5, 5.41) is 0. The minimum atomic E-state index is -0.138. The van der Waals surface area contributed by atoms with E-state index in [0.717, 1.165) is 0 Å². The molecule has 1 aliphatic rings. The summed E-state index contributed by atoms with van der Waals surface area (Å²) in [6, 6.07) is 10.1. The third-order valence-electron chi connectivity index (χ3n) is 2.30. The van der Waals surface area contributed by atoms with Crippen molar-refractivity contribution in [2.45, 2.75) is 5.54 Å². The number of rotatable bonds is 2. The maximum Gasteiger partial charge on any atom is 0.103 e. The van der Waals surface area contributed by atoms with Crippen LogP contribution in [0, 0.1) is 0 Å². The predicted molar refractivity (Wildman–Crippen MR) is 46.3 cm³/mol. The van der Waals surface area contributed by atoms with E-state index in [0.29, 0.717) is 13.2 Å². The Balaban J connectivity index is 2.28. The van der Waals surface area contributed by atoms with Crippen LogP contribution in [0.3, 0.4) is 0 Å². The zero-order valence-corrected chi connectivity index (χ0v) is 6.79. The van der Waals surface area contributed by atoms with E-state index in [9.17, 15) is 0 Å². The first-order valence-electron chi connectivity index (χ1n) is 3.98. The molecule has 1 aliphatic heterocycles. The van der Waals surface area contributed by atoms with E-state index in [1.54, 1.807) is 0 Å². The van der Waals surface area contributed by atoms with Crippen molar-refractivity contribution >= 4 is 0 Å². The van der Waals surface area contributed by atoms with Crippen LogP contribution in [0.15, 0.2) is 30.3 Å². The lowest BCUT2D eigenvalue weighted by molar-refractivity contribution is -0.0786. The lowest BCUT2D eigenvalue weighted by Gasteiger charge is -2.41. The molecule has 3 N–H and O–H groups in total. The first-order valence-corrected chi connectivity index (χ1v) is 3.98. The SMILES string of the molecule is NNC1(c2ccccc2)COC1. The molecule has 0 aliphatic carbocycles. The Kier molecular flexibility index (Phi) is 1.84.